The Kier molecular flexibility index (Phi) is 9.40. The molecule has 36 heavy (non-hydrogen) atoms. The van der Waals surface area contributed by atoms with Crippen molar-refractivity contribution in [3.63, 3.8) is 0 Å². The quantitative estimate of drug-likeness (QED) is 0.193. The molecular formula is C26H30N4O5S. The highest BCUT2D eigenvalue weighted by Crippen LogP contribution is 2.33. The van der Waals surface area contributed by atoms with Gasteiger partial charge < -0.3 is 24.8 Å². The van der Waals surface area contributed by atoms with Crippen molar-refractivity contribution in [1.29, 1.82) is 0 Å². The molecule has 190 valence electrons. The van der Waals surface area contributed by atoms with Crippen LogP contribution in [0, 0.1) is 0 Å². The second-order valence-electron chi connectivity index (χ2n) is 8.11. The molecule has 9 nitrogen and oxygen atoms in total. The number of esters is 1. The highest BCUT2D eigenvalue weighted by molar-refractivity contribution is 7.80. The fourth-order valence-electron chi connectivity index (χ4n) is 3.55. The molecule has 3 N–H and O–H groups in total. The average molecular weight is 511 g/mol. The van der Waals surface area contributed by atoms with Gasteiger partial charge >= 0.3 is 5.97 Å². The average Bonchev–Trinajstić information content (AvgIpc) is 2.83. The molecule has 0 saturated heterocycles. The van der Waals surface area contributed by atoms with Gasteiger partial charge in [0.2, 0.25) is 0 Å². The second-order valence-corrected chi connectivity index (χ2v) is 8.52. The van der Waals surface area contributed by atoms with Gasteiger partial charge in [0.15, 0.2) is 11.7 Å². The predicted molar refractivity (Wildman–Crippen MR) is 141 cm³/mol. The molecule has 1 aliphatic rings. The summed E-state index contributed by atoms with van der Waals surface area (Å²) in [6.45, 7) is 7.32. The van der Waals surface area contributed by atoms with Crippen LogP contribution in [0.2, 0.25) is 0 Å². The van der Waals surface area contributed by atoms with E-state index in [1.54, 1.807) is 32.0 Å². The molecule has 1 aliphatic heterocycles. The molecule has 0 unspecified atom stereocenters. The molecule has 0 aromatic heterocycles. The molecule has 0 fully saturated rings. The number of nitrogens with zero attached hydrogens (tertiary/aromatic N) is 1. The van der Waals surface area contributed by atoms with Gasteiger partial charge in [-0.3, -0.25) is 4.79 Å². The lowest BCUT2D eigenvalue weighted by molar-refractivity contribution is -0.139. The maximum Gasteiger partial charge on any atom is 0.338 e. The number of para-hydroxylation sites is 2. The molecule has 0 aliphatic carbocycles. The summed E-state index contributed by atoms with van der Waals surface area (Å²) >= 11 is 5.30. The summed E-state index contributed by atoms with van der Waals surface area (Å²) in [6.07, 6.45) is 1.53. The van der Waals surface area contributed by atoms with Gasteiger partial charge in [0.05, 0.1) is 30.5 Å². The molecule has 1 amide bonds. The number of rotatable bonds is 10. The van der Waals surface area contributed by atoms with Gasteiger partial charge in [-0.15, -0.1) is 0 Å². The van der Waals surface area contributed by atoms with Crippen molar-refractivity contribution in [2.45, 2.75) is 39.8 Å². The van der Waals surface area contributed by atoms with E-state index in [1.807, 2.05) is 44.2 Å². The Morgan fingerprint density at radius 1 is 1.14 bits per heavy atom. The highest BCUT2D eigenvalue weighted by Gasteiger charge is 2.32. The van der Waals surface area contributed by atoms with Gasteiger partial charge in [-0.05, 0) is 58.1 Å². The van der Waals surface area contributed by atoms with Crippen LogP contribution in [-0.4, -0.2) is 42.5 Å². The van der Waals surface area contributed by atoms with Crippen LogP contribution < -0.4 is 25.5 Å². The first-order chi connectivity index (χ1) is 17.3. The number of hydrogen-bond acceptors (Lipinski definition) is 7. The van der Waals surface area contributed by atoms with E-state index in [4.69, 9.17) is 26.4 Å². The lowest BCUT2D eigenvalue weighted by Gasteiger charge is -2.30. The molecule has 2 aromatic carbocycles. The zero-order chi connectivity index (χ0) is 26.1. The smallest absolute Gasteiger partial charge is 0.338 e. The molecule has 0 bridgehead atoms. The Morgan fingerprint density at radius 3 is 2.56 bits per heavy atom. The van der Waals surface area contributed by atoms with Crippen molar-refractivity contribution >= 4 is 35.4 Å². The molecule has 0 saturated carbocycles. The van der Waals surface area contributed by atoms with Gasteiger partial charge in [-0.1, -0.05) is 30.3 Å². The van der Waals surface area contributed by atoms with Crippen molar-refractivity contribution in [3.05, 3.63) is 70.9 Å². The number of carbonyl (C=O) groups excluding carboxylic acids is 2. The van der Waals surface area contributed by atoms with Gasteiger partial charge in [-0.2, -0.15) is 5.10 Å². The molecule has 0 radical (unpaired) electrons. The summed E-state index contributed by atoms with van der Waals surface area (Å²) in [5, 5.41) is 10.4. The van der Waals surface area contributed by atoms with E-state index < -0.39 is 17.9 Å². The van der Waals surface area contributed by atoms with Crippen molar-refractivity contribution in [2.75, 3.05) is 13.2 Å². The Balaban J connectivity index is 1.70. The fraction of sp³-hybridized carbons (Fsp3) is 0.308. The third-order valence-corrected chi connectivity index (χ3v) is 5.25. The van der Waals surface area contributed by atoms with E-state index in [0.29, 0.717) is 33.4 Å². The Morgan fingerprint density at radius 2 is 1.83 bits per heavy atom. The van der Waals surface area contributed by atoms with E-state index in [1.165, 1.54) is 6.21 Å². The largest absolute Gasteiger partial charge is 0.490 e. The molecule has 1 atom stereocenters. The molecule has 0 spiro atoms. The van der Waals surface area contributed by atoms with Crippen molar-refractivity contribution in [2.24, 2.45) is 5.10 Å². The molecule has 3 rings (SSSR count). The Bertz CT molecular complexity index is 1180. The van der Waals surface area contributed by atoms with Gasteiger partial charge in [-0.25, -0.2) is 10.2 Å². The third-order valence-electron chi connectivity index (χ3n) is 5.03. The summed E-state index contributed by atoms with van der Waals surface area (Å²) in [7, 11) is 0. The summed E-state index contributed by atoms with van der Waals surface area (Å²) < 4.78 is 16.8. The topological polar surface area (TPSA) is 110 Å². The van der Waals surface area contributed by atoms with Crippen LogP contribution in [0.5, 0.6) is 11.5 Å². The number of benzene rings is 2. The first-order valence-corrected chi connectivity index (χ1v) is 12.0. The lowest BCUT2D eigenvalue weighted by atomic mass is 9.95. The van der Waals surface area contributed by atoms with E-state index >= 15 is 0 Å². The standard InChI is InChI=1S/C26H30N4O5S/c1-5-33-25(32)23-17(4)28-26(36)29-24(23)19-11-7-9-13-21(19)34-15-22(31)30-27-14-18-10-6-8-12-20(18)35-16(2)3/h6-14,16,24H,5,15H2,1-4H3,(H,30,31)(H2,28,29,36)/t24-/m1/s1. The van der Waals surface area contributed by atoms with Crippen LogP contribution in [0.15, 0.2) is 64.9 Å². The van der Waals surface area contributed by atoms with Gasteiger partial charge in [0.25, 0.3) is 5.91 Å². The van der Waals surface area contributed by atoms with Gasteiger partial charge in [0.1, 0.15) is 11.5 Å². The van der Waals surface area contributed by atoms with Gasteiger partial charge in [0, 0.05) is 16.8 Å². The van der Waals surface area contributed by atoms with Crippen LogP contribution in [0.3, 0.4) is 0 Å². The number of ether oxygens (including phenoxy) is 3. The number of nitrogens with one attached hydrogen (secondary N) is 3. The summed E-state index contributed by atoms with van der Waals surface area (Å²) in [5.41, 5.74) is 4.81. The maximum absolute atomic E-state index is 12.7. The number of allylic oxidation sites excluding steroid dienone is 1. The minimum atomic E-state index is -0.604. The normalized spacial score (nSPS) is 15.4. The SMILES string of the molecule is CCOC(=O)C1=C(C)NC(=S)N[C@@H]1c1ccccc1OCC(=O)NN=Cc1ccccc1OC(C)C. The Labute approximate surface area is 215 Å². The van der Waals surface area contributed by atoms with E-state index in [0.717, 1.165) is 5.56 Å². The van der Waals surface area contributed by atoms with E-state index in [-0.39, 0.29) is 19.3 Å². The number of carbonyl (C=O) groups is 2. The van der Waals surface area contributed by atoms with Crippen molar-refractivity contribution in [3.8, 4) is 11.5 Å². The first kappa shape index (κ1) is 26.7. The number of thiocarbonyl (C=S) groups is 1. The van der Waals surface area contributed by atoms with Crippen molar-refractivity contribution < 1.29 is 23.8 Å². The van der Waals surface area contributed by atoms with Crippen LogP contribution in [0.25, 0.3) is 0 Å². The van der Waals surface area contributed by atoms with E-state index in [9.17, 15) is 9.59 Å². The Hall–Kier alpha value is -3.92. The summed E-state index contributed by atoms with van der Waals surface area (Å²) in [5.74, 6) is 0.175. The molecule has 1 heterocycles. The first-order valence-electron chi connectivity index (χ1n) is 11.5. The lowest BCUT2D eigenvalue weighted by Crippen LogP contribution is -2.45. The number of hydrazone groups is 1. The number of amides is 1. The maximum atomic E-state index is 12.7. The molecular weight excluding hydrogens is 480 g/mol. The minimum Gasteiger partial charge on any atom is -0.490 e. The molecule has 2 aromatic rings. The van der Waals surface area contributed by atoms with E-state index in [2.05, 4.69) is 21.2 Å². The fourth-order valence-corrected chi connectivity index (χ4v) is 3.83. The summed E-state index contributed by atoms with van der Waals surface area (Å²) in [6, 6.07) is 13.9. The van der Waals surface area contributed by atoms with Crippen LogP contribution >= 0.6 is 12.2 Å². The zero-order valence-corrected chi connectivity index (χ0v) is 21.5. The van der Waals surface area contributed by atoms with Crippen LogP contribution in [0.1, 0.15) is 44.9 Å². The predicted octanol–water partition coefficient (Wildman–Crippen LogP) is 3.36. The molecule has 10 heteroatoms. The number of hydrogen-bond donors (Lipinski definition) is 3. The van der Waals surface area contributed by atoms with Crippen LogP contribution in [0.4, 0.5) is 0 Å². The second kappa shape index (κ2) is 12.7. The monoisotopic (exact) mass is 510 g/mol. The minimum absolute atomic E-state index is 0.00868. The third kappa shape index (κ3) is 7.05. The van der Waals surface area contributed by atoms with Crippen LogP contribution in [-0.2, 0) is 14.3 Å². The zero-order valence-electron chi connectivity index (χ0n) is 20.7. The van der Waals surface area contributed by atoms with Crippen molar-refractivity contribution in [1.82, 2.24) is 16.1 Å². The summed E-state index contributed by atoms with van der Waals surface area (Å²) in [4.78, 5) is 25.1. The highest BCUT2D eigenvalue weighted by atomic mass is 32.1.